The smallest absolute Gasteiger partial charge is 0.310 e. The number of methoxy groups -OCH3 is 2. The van der Waals surface area contributed by atoms with Gasteiger partial charge in [0.2, 0.25) is 0 Å². The molecule has 0 bridgehead atoms. The summed E-state index contributed by atoms with van der Waals surface area (Å²) in [6.45, 7) is 5.56. The number of ether oxygens (including phenoxy) is 3. The summed E-state index contributed by atoms with van der Waals surface area (Å²) < 4.78 is 15.9. The van der Waals surface area contributed by atoms with E-state index in [4.69, 9.17) is 14.2 Å². The molecule has 0 atom stereocenters. The van der Waals surface area contributed by atoms with Gasteiger partial charge in [0.05, 0.1) is 20.6 Å². The fourth-order valence-corrected chi connectivity index (χ4v) is 1.67. The van der Waals surface area contributed by atoms with Gasteiger partial charge in [0.25, 0.3) is 0 Å². The van der Waals surface area contributed by atoms with Gasteiger partial charge in [0.1, 0.15) is 17.1 Å². The number of esters is 1. The Kier molecular flexibility index (Phi) is 5.21. The van der Waals surface area contributed by atoms with Crippen molar-refractivity contribution in [1.82, 2.24) is 0 Å². The van der Waals surface area contributed by atoms with Gasteiger partial charge in [-0.15, -0.1) is 0 Å². The Morgan fingerprint density at radius 2 is 1.68 bits per heavy atom. The van der Waals surface area contributed by atoms with Crippen molar-refractivity contribution in [3.05, 3.63) is 30.2 Å². The van der Waals surface area contributed by atoms with Gasteiger partial charge in [-0.1, -0.05) is 6.92 Å². The van der Waals surface area contributed by atoms with Crippen LogP contribution in [-0.4, -0.2) is 20.2 Å². The molecule has 4 heteroatoms. The molecule has 4 nitrogen and oxygen atoms in total. The van der Waals surface area contributed by atoms with Gasteiger partial charge < -0.3 is 14.2 Å². The average Bonchev–Trinajstić information content (AvgIpc) is 2.37. The van der Waals surface area contributed by atoms with Gasteiger partial charge in [0, 0.05) is 11.6 Å². The lowest BCUT2D eigenvalue weighted by Crippen LogP contribution is -2.25. The van der Waals surface area contributed by atoms with Gasteiger partial charge in [-0.3, -0.25) is 4.79 Å². The lowest BCUT2D eigenvalue weighted by molar-refractivity contribution is -0.153. The lowest BCUT2D eigenvalue weighted by Gasteiger charge is -2.26. The zero-order valence-electron chi connectivity index (χ0n) is 12.1. The van der Waals surface area contributed by atoms with Crippen LogP contribution in [0.3, 0.4) is 0 Å². The Morgan fingerprint density at radius 1 is 1.16 bits per heavy atom. The van der Waals surface area contributed by atoms with E-state index in [0.717, 1.165) is 5.56 Å². The number of carbonyl (C=O) groups is 1. The van der Waals surface area contributed by atoms with Crippen molar-refractivity contribution >= 4 is 5.97 Å². The summed E-state index contributed by atoms with van der Waals surface area (Å²) in [6, 6.07) is 5.45. The van der Waals surface area contributed by atoms with Crippen LogP contribution in [0.15, 0.2) is 18.2 Å². The maximum absolute atomic E-state index is 11.6. The minimum atomic E-state index is -0.745. The van der Waals surface area contributed by atoms with Gasteiger partial charge in [0.15, 0.2) is 0 Å². The molecule has 1 aromatic rings. The minimum Gasteiger partial charge on any atom is -0.497 e. The summed E-state index contributed by atoms with van der Waals surface area (Å²) in [5.74, 6) is 1.00. The molecular formula is C15H21O4. The predicted octanol–water partition coefficient (Wildman–Crippen LogP) is 3.10. The van der Waals surface area contributed by atoms with Crippen LogP contribution in [0.4, 0.5) is 0 Å². The van der Waals surface area contributed by atoms with Crippen molar-refractivity contribution in [3.8, 4) is 11.5 Å². The molecule has 1 rings (SSSR count). The zero-order chi connectivity index (χ0) is 14.5. The fourth-order valence-electron chi connectivity index (χ4n) is 1.67. The van der Waals surface area contributed by atoms with E-state index in [2.05, 4.69) is 0 Å². The molecule has 0 spiro atoms. The summed E-state index contributed by atoms with van der Waals surface area (Å²) in [5.41, 5.74) is 0.0754. The Morgan fingerprint density at radius 3 is 2.11 bits per heavy atom. The molecule has 0 fully saturated rings. The Bertz CT molecular complexity index is 416. The van der Waals surface area contributed by atoms with Crippen molar-refractivity contribution in [3.63, 3.8) is 0 Å². The van der Waals surface area contributed by atoms with E-state index in [1.165, 1.54) is 6.42 Å². The molecule has 0 heterocycles. The number of carbonyl (C=O) groups excluding carboxylic acids is 1. The maximum Gasteiger partial charge on any atom is 0.310 e. The van der Waals surface area contributed by atoms with E-state index in [9.17, 15) is 4.79 Å². The molecule has 0 aliphatic carbocycles. The van der Waals surface area contributed by atoms with Crippen molar-refractivity contribution in [2.24, 2.45) is 0 Å². The first kappa shape index (κ1) is 15.3. The lowest BCUT2D eigenvalue weighted by atomic mass is 9.97. The first-order valence-electron chi connectivity index (χ1n) is 6.22. The zero-order valence-corrected chi connectivity index (χ0v) is 12.1. The molecule has 0 aliphatic rings. The van der Waals surface area contributed by atoms with E-state index in [0.29, 0.717) is 17.9 Å². The van der Waals surface area contributed by atoms with E-state index in [1.54, 1.807) is 20.3 Å². The largest absolute Gasteiger partial charge is 0.497 e. The first-order valence-corrected chi connectivity index (χ1v) is 6.22. The standard InChI is InChI=1S/C15H21O4/c1-6-7-14(16)19-15(2,3)11-8-12(17-4)10-13(9-11)18-5/h7-10H,6H2,1-5H3. The molecule has 19 heavy (non-hydrogen) atoms. The highest BCUT2D eigenvalue weighted by molar-refractivity contribution is 5.79. The van der Waals surface area contributed by atoms with E-state index < -0.39 is 5.60 Å². The van der Waals surface area contributed by atoms with Crippen molar-refractivity contribution in [1.29, 1.82) is 0 Å². The molecular weight excluding hydrogens is 244 g/mol. The molecule has 0 aromatic heterocycles. The van der Waals surface area contributed by atoms with E-state index in [1.807, 2.05) is 32.9 Å². The Labute approximate surface area is 114 Å². The van der Waals surface area contributed by atoms with E-state index >= 15 is 0 Å². The van der Waals surface area contributed by atoms with Crippen LogP contribution in [0, 0.1) is 6.42 Å². The maximum atomic E-state index is 11.6. The summed E-state index contributed by atoms with van der Waals surface area (Å²) >= 11 is 0. The van der Waals surface area contributed by atoms with Crippen LogP contribution in [0.1, 0.15) is 32.8 Å². The van der Waals surface area contributed by atoms with Crippen LogP contribution in [-0.2, 0) is 15.1 Å². The molecule has 105 valence electrons. The van der Waals surface area contributed by atoms with Gasteiger partial charge in [-0.05, 0) is 32.4 Å². The van der Waals surface area contributed by atoms with Crippen LogP contribution < -0.4 is 9.47 Å². The van der Waals surface area contributed by atoms with Gasteiger partial charge in [-0.25, -0.2) is 0 Å². The second kappa shape index (κ2) is 6.45. The van der Waals surface area contributed by atoms with Crippen molar-refractivity contribution < 1.29 is 19.0 Å². The fraction of sp³-hybridized carbons (Fsp3) is 0.467. The average molecular weight is 265 g/mol. The van der Waals surface area contributed by atoms with Gasteiger partial charge in [-0.2, -0.15) is 0 Å². The Hall–Kier alpha value is -1.71. The SMILES string of the molecule is CC[CH]C(=O)OC(C)(C)c1cc(OC)cc(OC)c1. The van der Waals surface area contributed by atoms with Crippen LogP contribution in [0.25, 0.3) is 0 Å². The van der Waals surface area contributed by atoms with Crippen molar-refractivity contribution in [2.45, 2.75) is 32.8 Å². The van der Waals surface area contributed by atoms with Crippen LogP contribution in [0.5, 0.6) is 11.5 Å². The summed E-state index contributed by atoms with van der Waals surface area (Å²) in [7, 11) is 3.17. The molecule has 0 saturated carbocycles. The molecule has 0 unspecified atom stereocenters. The van der Waals surface area contributed by atoms with Gasteiger partial charge >= 0.3 is 5.97 Å². The van der Waals surface area contributed by atoms with E-state index in [-0.39, 0.29) is 5.97 Å². The Balaban J connectivity index is 3.02. The highest BCUT2D eigenvalue weighted by Crippen LogP contribution is 2.32. The second-order valence-electron chi connectivity index (χ2n) is 4.65. The predicted molar refractivity (Wildman–Crippen MR) is 73.3 cm³/mol. The normalized spacial score (nSPS) is 11.0. The first-order chi connectivity index (χ1) is 8.92. The topological polar surface area (TPSA) is 44.8 Å². The third-order valence-electron chi connectivity index (χ3n) is 2.77. The quantitative estimate of drug-likeness (QED) is 0.741. The number of rotatable bonds is 6. The highest BCUT2D eigenvalue weighted by Gasteiger charge is 2.26. The molecule has 0 saturated heterocycles. The number of benzene rings is 1. The van der Waals surface area contributed by atoms with Crippen molar-refractivity contribution in [2.75, 3.05) is 14.2 Å². The highest BCUT2D eigenvalue weighted by atomic mass is 16.6. The third kappa shape index (κ3) is 4.16. The van der Waals surface area contributed by atoms with Crippen LogP contribution >= 0.6 is 0 Å². The molecule has 1 aromatic carbocycles. The monoisotopic (exact) mass is 265 g/mol. The second-order valence-corrected chi connectivity index (χ2v) is 4.65. The summed E-state index contributed by atoms with van der Waals surface area (Å²) in [5, 5.41) is 0. The van der Waals surface area contributed by atoms with Crippen LogP contribution in [0.2, 0.25) is 0 Å². The molecule has 0 amide bonds. The third-order valence-corrected chi connectivity index (χ3v) is 2.77. The number of hydrogen-bond acceptors (Lipinski definition) is 4. The number of hydrogen-bond donors (Lipinski definition) is 0. The molecule has 1 radical (unpaired) electrons. The minimum absolute atomic E-state index is 0.325. The summed E-state index contributed by atoms with van der Waals surface area (Å²) in [4.78, 5) is 11.6. The molecule has 0 N–H and O–H groups in total. The molecule has 0 aliphatic heterocycles. The summed E-state index contributed by atoms with van der Waals surface area (Å²) in [6.07, 6.45) is 2.16.